The summed E-state index contributed by atoms with van der Waals surface area (Å²) in [5, 5.41) is 2.13. The van der Waals surface area contributed by atoms with Crippen molar-refractivity contribution in [2.45, 2.75) is 43.9 Å². The van der Waals surface area contributed by atoms with Gasteiger partial charge in [-0.3, -0.25) is 13.9 Å². The summed E-state index contributed by atoms with van der Waals surface area (Å²) >= 11 is 9.28. The van der Waals surface area contributed by atoms with E-state index >= 15 is 0 Å². The van der Waals surface area contributed by atoms with Gasteiger partial charge in [0.15, 0.2) is 0 Å². The van der Waals surface area contributed by atoms with Gasteiger partial charge in [0.2, 0.25) is 11.8 Å². The van der Waals surface area contributed by atoms with Crippen molar-refractivity contribution in [3.8, 4) is 0 Å². The summed E-state index contributed by atoms with van der Waals surface area (Å²) in [6.45, 7) is 2.74. The van der Waals surface area contributed by atoms with E-state index in [1.165, 1.54) is 17.0 Å². The Morgan fingerprint density at radius 3 is 2.19 bits per heavy atom. The second-order valence-electron chi connectivity index (χ2n) is 10.7. The number of anilines is 1. The van der Waals surface area contributed by atoms with Crippen LogP contribution in [0.3, 0.4) is 0 Å². The molecule has 0 aliphatic rings. The Balaban J connectivity index is 1.86. The molecule has 1 atom stereocenters. The largest absolute Gasteiger partial charge is 0.417 e. The van der Waals surface area contributed by atoms with Crippen LogP contribution in [0.1, 0.15) is 29.2 Å². The number of alkyl halides is 3. The Bertz CT molecular complexity index is 1820. The minimum Gasteiger partial charge on any atom is -0.355 e. The zero-order valence-corrected chi connectivity index (χ0v) is 28.6. The highest BCUT2D eigenvalue weighted by atomic mass is 79.9. The number of hydrogen-bond acceptors (Lipinski definition) is 4. The second-order valence-corrected chi connectivity index (χ2v) is 13.9. The van der Waals surface area contributed by atoms with Gasteiger partial charge in [0.05, 0.1) is 21.2 Å². The molecule has 2 amide bonds. The van der Waals surface area contributed by atoms with Gasteiger partial charge in [-0.1, -0.05) is 87.7 Å². The number of nitrogens with zero attached hydrogens (tertiary/aromatic N) is 2. The highest BCUT2D eigenvalue weighted by Crippen LogP contribution is 2.38. The van der Waals surface area contributed by atoms with Crippen LogP contribution in [-0.2, 0) is 38.8 Å². The lowest BCUT2D eigenvalue weighted by Gasteiger charge is -2.34. The van der Waals surface area contributed by atoms with Gasteiger partial charge in [-0.2, -0.15) is 13.2 Å². The molecule has 0 fully saturated rings. The first-order valence-electron chi connectivity index (χ1n) is 14.5. The molecule has 1 N–H and O–H groups in total. The zero-order valence-electron chi connectivity index (χ0n) is 25.5. The molecule has 0 heterocycles. The van der Waals surface area contributed by atoms with Gasteiger partial charge < -0.3 is 10.2 Å². The zero-order chi connectivity index (χ0) is 34.4. The molecule has 0 bridgehead atoms. The third kappa shape index (κ3) is 9.15. The number of amides is 2. The standard InChI is InChI=1S/C34H32BrClF3N3O4S/c1-3-40-33(44)31(19-24-8-5-4-6-9-24)41(21-25-10-7-11-26(35)18-25)32(43)22-42(47(45,46)28-15-12-23(2)13-16-28)27-14-17-30(36)29(20-27)34(37,38)39/h4-18,20,31H,3,19,21-22H2,1-2H3,(H,40,44). The van der Waals surface area contributed by atoms with E-state index in [4.69, 9.17) is 11.6 Å². The minimum atomic E-state index is -4.90. The van der Waals surface area contributed by atoms with Gasteiger partial charge in [0.25, 0.3) is 10.0 Å². The van der Waals surface area contributed by atoms with Gasteiger partial charge in [0, 0.05) is 24.0 Å². The van der Waals surface area contributed by atoms with Crippen molar-refractivity contribution in [3.63, 3.8) is 0 Å². The fourth-order valence-corrected chi connectivity index (χ4v) is 7.01. The molecule has 7 nitrogen and oxygen atoms in total. The van der Waals surface area contributed by atoms with E-state index in [1.807, 2.05) is 6.07 Å². The third-order valence-electron chi connectivity index (χ3n) is 7.30. The maximum Gasteiger partial charge on any atom is 0.417 e. The van der Waals surface area contributed by atoms with Crippen molar-refractivity contribution in [3.05, 3.63) is 129 Å². The molecule has 0 saturated carbocycles. The Kier molecular flexibility index (Phi) is 11.8. The predicted molar refractivity (Wildman–Crippen MR) is 179 cm³/mol. The smallest absolute Gasteiger partial charge is 0.355 e. The molecule has 0 aliphatic carbocycles. The Labute approximate surface area is 285 Å². The highest BCUT2D eigenvalue weighted by Gasteiger charge is 2.37. The number of likely N-dealkylation sites (N-methyl/N-ethyl adjacent to an activating group) is 1. The third-order valence-corrected chi connectivity index (χ3v) is 9.91. The van der Waals surface area contributed by atoms with Crippen molar-refractivity contribution in [2.24, 2.45) is 0 Å². The molecule has 4 aromatic rings. The van der Waals surface area contributed by atoms with E-state index in [0.717, 1.165) is 23.3 Å². The number of rotatable bonds is 12. The molecule has 0 aromatic heterocycles. The quantitative estimate of drug-likeness (QED) is 0.164. The van der Waals surface area contributed by atoms with Crippen molar-refractivity contribution >= 4 is 55.1 Å². The number of carbonyl (C=O) groups excluding carboxylic acids is 2. The van der Waals surface area contributed by atoms with Crippen molar-refractivity contribution < 1.29 is 31.2 Å². The van der Waals surface area contributed by atoms with Gasteiger partial charge in [0.1, 0.15) is 12.6 Å². The number of benzene rings is 4. The molecular weight excluding hydrogens is 719 g/mol. The van der Waals surface area contributed by atoms with E-state index in [1.54, 1.807) is 74.5 Å². The van der Waals surface area contributed by atoms with Gasteiger partial charge in [-0.05, 0) is 67.4 Å². The summed E-state index contributed by atoms with van der Waals surface area (Å²) in [5.41, 5.74) is 0.448. The van der Waals surface area contributed by atoms with Crippen LogP contribution in [0.25, 0.3) is 0 Å². The van der Waals surface area contributed by atoms with E-state index in [-0.39, 0.29) is 24.4 Å². The van der Waals surface area contributed by atoms with Gasteiger partial charge in [-0.15, -0.1) is 0 Å². The summed E-state index contributed by atoms with van der Waals surface area (Å²) in [6.07, 6.45) is -4.81. The van der Waals surface area contributed by atoms with Crippen LogP contribution in [0.5, 0.6) is 0 Å². The first-order chi connectivity index (χ1) is 22.2. The fraction of sp³-hybridized carbons (Fsp3) is 0.235. The second kappa shape index (κ2) is 15.4. The molecule has 0 radical (unpaired) electrons. The molecule has 248 valence electrons. The van der Waals surface area contributed by atoms with Crippen LogP contribution < -0.4 is 9.62 Å². The van der Waals surface area contributed by atoms with E-state index < -0.39 is 56.9 Å². The lowest BCUT2D eigenvalue weighted by atomic mass is 10.0. The van der Waals surface area contributed by atoms with E-state index in [0.29, 0.717) is 20.4 Å². The van der Waals surface area contributed by atoms with Crippen LogP contribution in [0, 0.1) is 6.92 Å². The highest BCUT2D eigenvalue weighted by molar-refractivity contribution is 9.10. The number of aryl methyl sites for hydroxylation is 1. The van der Waals surface area contributed by atoms with E-state index in [9.17, 15) is 31.2 Å². The first kappa shape index (κ1) is 36.0. The molecule has 4 aromatic carbocycles. The summed E-state index contributed by atoms with van der Waals surface area (Å²) in [7, 11) is -4.60. The van der Waals surface area contributed by atoms with Crippen molar-refractivity contribution in [2.75, 3.05) is 17.4 Å². The van der Waals surface area contributed by atoms with Crippen LogP contribution >= 0.6 is 27.5 Å². The lowest BCUT2D eigenvalue weighted by molar-refractivity contribution is -0.140. The first-order valence-corrected chi connectivity index (χ1v) is 17.1. The van der Waals surface area contributed by atoms with E-state index in [2.05, 4.69) is 21.2 Å². The van der Waals surface area contributed by atoms with Crippen molar-refractivity contribution in [1.29, 1.82) is 0 Å². The molecule has 13 heteroatoms. The topological polar surface area (TPSA) is 86.8 Å². The average molecular weight is 751 g/mol. The van der Waals surface area contributed by atoms with Crippen LogP contribution in [0.2, 0.25) is 5.02 Å². The summed E-state index contributed by atoms with van der Waals surface area (Å²) < 4.78 is 71.3. The maximum absolute atomic E-state index is 14.4. The average Bonchev–Trinajstić information content (AvgIpc) is 3.02. The molecule has 47 heavy (non-hydrogen) atoms. The SMILES string of the molecule is CCNC(=O)C(Cc1ccccc1)N(Cc1cccc(Br)c1)C(=O)CN(c1ccc(Cl)c(C(F)(F)F)c1)S(=O)(=O)c1ccc(C)cc1. The lowest BCUT2D eigenvalue weighted by Crippen LogP contribution is -2.53. The number of nitrogens with one attached hydrogen (secondary N) is 1. The number of sulfonamides is 1. The normalized spacial score (nSPS) is 12.3. The molecular formula is C34H32BrClF3N3O4S. The summed E-state index contributed by atoms with van der Waals surface area (Å²) in [4.78, 5) is 29.0. The predicted octanol–water partition coefficient (Wildman–Crippen LogP) is 7.40. The summed E-state index contributed by atoms with van der Waals surface area (Å²) in [5.74, 6) is -1.28. The molecule has 0 aliphatic heterocycles. The fourth-order valence-electron chi connectivity index (χ4n) is 4.93. The monoisotopic (exact) mass is 749 g/mol. The minimum absolute atomic E-state index is 0.0935. The maximum atomic E-state index is 14.4. The van der Waals surface area contributed by atoms with Crippen LogP contribution in [0.4, 0.5) is 18.9 Å². The number of halogens is 5. The van der Waals surface area contributed by atoms with Gasteiger partial charge >= 0.3 is 6.18 Å². The van der Waals surface area contributed by atoms with Gasteiger partial charge in [-0.25, -0.2) is 8.42 Å². The Morgan fingerprint density at radius 2 is 1.57 bits per heavy atom. The van der Waals surface area contributed by atoms with Crippen LogP contribution in [-0.4, -0.2) is 44.3 Å². The number of carbonyl (C=O) groups is 2. The molecule has 0 saturated heterocycles. The molecule has 4 rings (SSSR count). The van der Waals surface area contributed by atoms with Crippen molar-refractivity contribution in [1.82, 2.24) is 10.2 Å². The Morgan fingerprint density at radius 1 is 0.915 bits per heavy atom. The molecule has 0 spiro atoms. The Hall–Kier alpha value is -3.87. The number of hydrogen-bond donors (Lipinski definition) is 1. The van der Waals surface area contributed by atoms with Crippen LogP contribution in [0.15, 0.2) is 106 Å². The summed E-state index contributed by atoms with van der Waals surface area (Å²) in [6, 6.07) is 23.3. The molecule has 1 unspecified atom stereocenters.